The number of hydrogen-bond donors (Lipinski definition) is 1. The number of aromatic nitrogens is 3. The maximum absolute atomic E-state index is 11.2. The SMILES string of the molecule is C[C@@H](Oc1nc(Cl)cn2nccc12)C1CNC(=O)C1. The summed E-state index contributed by atoms with van der Waals surface area (Å²) in [6.45, 7) is 2.57. The molecule has 0 radical (unpaired) electrons. The van der Waals surface area contributed by atoms with Gasteiger partial charge < -0.3 is 10.1 Å². The third-order valence-electron chi connectivity index (χ3n) is 3.30. The van der Waals surface area contributed by atoms with Gasteiger partial charge in [-0.3, -0.25) is 4.79 Å². The summed E-state index contributed by atoms with van der Waals surface area (Å²) < 4.78 is 7.47. The Morgan fingerprint density at radius 3 is 3.21 bits per heavy atom. The number of nitrogens with zero attached hydrogens (tertiary/aromatic N) is 3. The zero-order valence-electron chi connectivity index (χ0n) is 10.3. The fourth-order valence-corrected chi connectivity index (χ4v) is 2.36. The van der Waals surface area contributed by atoms with Crippen LogP contribution in [0.15, 0.2) is 18.5 Å². The first-order valence-corrected chi connectivity index (χ1v) is 6.44. The molecule has 1 amide bonds. The summed E-state index contributed by atoms with van der Waals surface area (Å²) in [5, 5.41) is 7.22. The molecule has 100 valence electrons. The number of fused-ring (bicyclic) bond motifs is 1. The minimum atomic E-state index is -0.122. The molecule has 0 spiro atoms. The predicted molar refractivity (Wildman–Crippen MR) is 69.2 cm³/mol. The molecule has 0 aromatic carbocycles. The molecule has 1 saturated heterocycles. The largest absolute Gasteiger partial charge is 0.473 e. The molecular formula is C12H13ClN4O2. The van der Waals surface area contributed by atoms with E-state index in [1.807, 2.05) is 13.0 Å². The number of halogens is 1. The first-order chi connectivity index (χ1) is 9.13. The fourth-order valence-electron chi connectivity index (χ4n) is 2.19. The Morgan fingerprint density at radius 1 is 1.63 bits per heavy atom. The van der Waals surface area contributed by atoms with Crippen molar-refractivity contribution in [1.29, 1.82) is 0 Å². The zero-order valence-corrected chi connectivity index (χ0v) is 11.1. The van der Waals surface area contributed by atoms with Gasteiger partial charge in [0.25, 0.3) is 0 Å². The maximum Gasteiger partial charge on any atom is 0.241 e. The molecule has 1 N–H and O–H groups in total. The van der Waals surface area contributed by atoms with E-state index in [0.717, 1.165) is 5.52 Å². The van der Waals surface area contributed by atoms with Gasteiger partial charge in [-0.05, 0) is 13.0 Å². The van der Waals surface area contributed by atoms with Crippen LogP contribution in [0, 0.1) is 5.92 Å². The van der Waals surface area contributed by atoms with E-state index in [1.165, 1.54) is 0 Å². The van der Waals surface area contributed by atoms with E-state index in [9.17, 15) is 4.79 Å². The average molecular weight is 281 g/mol. The smallest absolute Gasteiger partial charge is 0.241 e. The lowest BCUT2D eigenvalue weighted by molar-refractivity contribution is -0.119. The van der Waals surface area contributed by atoms with Crippen molar-refractivity contribution in [3.05, 3.63) is 23.6 Å². The van der Waals surface area contributed by atoms with Gasteiger partial charge in [0.1, 0.15) is 11.6 Å². The van der Waals surface area contributed by atoms with Gasteiger partial charge in [-0.2, -0.15) is 10.1 Å². The second-order valence-corrected chi connectivity index (χ2v) is 5.01. The van der Waals surface area contributed by atoms with Crippen LogP contribution in [-0.4, -0.2) is 33.2 Å². The van der Waals surface area contributed by atoms with Crippen molar-refractivity contribution in [2.75, 3.05) is 6.54 Å². The normalized spacial score (nSPS) is 20.5. The van der Waals surface area contributed by atoms with Crippen molar-refractivity contribution in [2.45, 2.75) is 19.4 Å². The van der Waals surface area contributed by atoms with E-state index in [0.29, 0.717) is 24.0 Å². The Balaban J connectivity index is 1.84. The van der Waals surface area contributed by atoms with Crippen LogP contribution in [0.4, 0.5) is 0 Å². The summed E-state index contributed by atoms with van der Waals surface area (Å²) in [6, 6.07) is 1.81. The Labute approximate surface area is 114 Å². The standard InChI is InChI=1S/C12H13ClN4O2/c1-7(8-4-11(18)14-5-8)19-12-9-2-3-15-17(9)6-10(13)16-12/h2-3,6-8H,4-5H2,1H3,(H,14,18)/t7-,8?/m1/s1. The number of hydrogen-bond acceptors (Lipinski definition) is 4. The Hall–Kier alpha value is -1.82. The second kappa shape index (κ2) is 4.70. The van der Waals surface area contributed by atoms with E-state index >= 15 is 0 Å². The molecule has 6 nitrogen and oxygen atoms in total. The van der Waals surface area contributed by atoms with Gasteiger partial charge >= 0.3 is 0 Å². The second-order valence-electron chi connectivity index (χ2n) is 4.62. The lowest BCUT2D eigenvalue weighted by Gasteiger charge is -2.19. The van der Waals surface area contributed by atoms with Crippen molar-refractivity contribution in [3.63, 3.8) is 0 Å². The van der Waals surface area contributed by atoms with Crippen LogP contribution < -0.4 is 10.1 Å². The highest BCUT2D eigenvalue weighted by Crippen LogP contribution is 2.24. The first kappa shape index (κ1) is 12.2. The summed E-state index contributed by atoms with van der Waals surface area (Å²) in [4.78, 5) is 15.4. The van der Waals surface area contributed by atoms with Crippen LogP contribution in [0.2, 0.25) is 5.15 Å². The van der Waals surface area contributed by atoms with Crippen LogP contribution >= 0.6 is 11.6 Å². The zero-order chi connectivity index (χ0) is 13.4. The summed E-state index contributed by atoms with van der Waals surface area (Å²) in [5.74, 6) is 0.655. The van der Waals surface area contributed by atoms with Crippen LogP contribution in [0.25, 0.3) is 5.52 Å². The number of nitrogens with one attached hydrogen (secondary N) is 1. The average Bonchev–Trinajstić information content (AvgIpc) is 2.97. The highest BCUT2D eigenvalue weighted by molar-refractivity contribution is 6.29. The van der Waals surface area contributed by atoms with Gasteiger partial charge in [0, 0.05) is 18.9 Å². The van der Waals surface area contributed by atoms with Crippen molar-refractivity contribution in [2.24, 2.45) is 5.92 Å². The molecule has 0 bridgehead atoms. The highest BCUT2D eigenvalue weighted by atomic mass is 35.5. The van der Waals surface area contributed by atoms with Crippen molar-refractivity contribution >= 4 is 23.0 Å². The number of amides is 1. The van der Waals surface area contributed by atoms with Gasteiger partial charge in [-0.25, -0.2) is 4.52 Å². The number of rotatable bonds is 3. The third kappa shape index (κ3) is 2.35. The summed E-state index contributed by atoms with van der Waals surface area (Å²) >= 11 is 5.93. The molecule has 1 aliphatic rings. The monoisotopic (exact) mass is 280 g/mol. The quantitative estimate of drug-likeness (QED) is 0.920. The van der Waals surface area contributed by atoms with Gasteiger partial charge in [-0.1, -0.05) is 11.6 Å². The molecule has 1 unspecified atom stereocenters. The van der Waals surface area contributed by atoms with Gasteiger partial charge in [0.05, 0.1) is 12.4 Å². The molecule has 2 aromatic heterocycles. The molecule has 3 heterocycles. The van der Waals surface area contributed by atoms with Gasteiger partial charge in [-0.15, -0.1) is 0 Å². The van der Waals surface area contributed by atoms with Crippen LogP contribution in [0.3, 0.4) is 0 Å². The van der Waals surface area contributed by atoms with Crippen molar-refractivity contribution in [1.82, 2.24) is 19.9 Å². The van der Waals surface area contributed by atoms with E-state index in [2.05, 4.69) is 15.4 Å². The predicted octanol–water partition coefficient (Wildman–Crippen LogP) is 1.29. The van der Waals surface area contributed by atoms with E-state index < -0.39 is 0 Å². The van der Waals surface area contributed by atoms with E-state index in [1.54, 1.807) is 16.9 Å². The Kier molecular flexibility index (Phi) is 3.02. The molecule has 0 aliphatic carbocycles. The van der Waals surface area contributed by atoms with Crippen LogP contribution in [-0.2, 0) is 4.79 Å². The third-order valence-corrected chi connectivity index (χ3v) is 3.48. The van der Waals surface area contributed by atoms with E-state index in [4.69, 9.17) is 16.3 Å². The molecule has 1 aliphatic heterocycles. The maximum atomic E-state index is 11.2. The van der Waals surface area contributed by atoms with Gasteiger partial charge in [0.15, 0.2) is 5.15 Å². The topological polar surface area (TPSA) is 68.5 Å². The molecule has 3 rings (SSSR count). The molecule has 1 fully saturated rings. The minimum absolute atomic E-state index is 0.0639. The summed E-state index contributed by atoms with van der Waals surface area (Å²) in [7, 11) is 0. The first-order valence-electron chi connectivity index (χ1n) is 6.07. The Bertz CT molecular complexity index is 627. The lowest BCUT2D eigenvalue weighted by atomic mass is 10.0. The van der Waals surface area contributed by atoms with Gasteiger partial charge in [0.2, 0.25) is 11.8 Å². The number of ether oxygens (including phenoxy) is 1. The van der Waals surface area contributed by atoms with Crippen LogP contribution in [0.5, 0.6) is 5.88 Å². The molecule has 7 heteroatoms. The molecule has 2 atom stereocenters. The van der Waals surface area contributed by atoms with Crippen molar-refractivity contribution in [3.8, 4) is 5.88 Å². The van der Waals surface area contributed by atoms with Crippen molar-refractivity contribution < 1.29 is 9.53 Å². The number of carbonyl (C=O) groups excluding carboxylic acids is 1. The lowest BCUT2D eigenvalue weighted by Crippen LogP contribution is -2.26. The van der Waals surface area contributed by atoms with E-state index in [-0.39, 0.29) is 17.9 Å². The Morgan fingerprint density at radius 2 is 2.47 bits per heavy atom. The minimum Gasteiger partial charge on any atom is -0.473 e. The highest BCUT2D eigenvalue weighted by Gasteiger charge is 2.28. The number of carbonyl (C=O) groups is 1. The molecular weight excluding hydrogens is 268 g/mol. The summed E-state index contributed by atoms with van der Waals surface area (Å²) in [5.41, 5.74) is 0.758. The fraction of sp³-hybridized carbons (Fsp3) is 0.417. The molecule has 0 saturated carbocycles. The molecule has 2 aromatic rings. The summed E-state index contributed by atoms with van der Waals surface area (Å²) in [6.07, 6.45) is 3.64. The van der Waals surface area contributed by atoms with Crippen LogP contribution in [0.1, 0.15) is 13.3 Å². The molecule has 19 heavy (non-hydrogen) atoms.